The Bertz CT molecular complexity index is 517. The molecular weight excluding hydrogens is 243 g/mol. The monoisotopic (exact) mass is 253 g/mol. The van der Waals surface area contributed by atoms with Gasteiger partial charge in [0.2, 0.25) is 0 Å². The molecule has 1 aromatic carbocycles. The number of hydrogen-bond acceptors (Lipinski definition) is 2. The first-order valence-electron chi connectivity index (χ1n) is 5.24. The second-order valence-corrected chi connectivity index (χ2v) is 3.78. The lowest BCUT2D eigenvalue weighted by Crippen LogP contribution is -2.07. The van der Waals surface area contributed by atoms with Gasteiger partial charge in [-0.25, -0.2) is 0 Å². The normalized spacial score (nSPS) is 11.6. The van der Waals surface area contributed by atoms with E-state index < -0.39 is 11.9 Å². The van der Waals surface area contributed by atoms with E-state index >= 15 is 0 Å². The lowest BCUT2D eigenvalue weighted by molar-refractivity contribution is -0.141. The van der Waals surface area contributed by atoms with Crippen molar-refractivity contribution in [3.8, 4) is 11.1 Å². The fraction of sp³-hybridized carbons (Fsp3) is 0.154. The third-order valence-electron chi connectivity index (χ3n) is 2.52. The molecule has 2 aromatic rings. The van der Waals surface area contributed by atoms with E-state index in [4.69, 9.17) is 5.11 Å². The highest BCUT2D eigenvalue weighted by molar-refractivity contribution is 5.62. The van der Waals surface area contributed by atoms with Crippen molar-refractivity contribution in [1.29, 1.82) is 0 Å². The molecule has 0 unspecified atom stereocenters. The molecule has 0 aliphatic heterocycles. The number of nitrogens with zero attached hydrogens (tertiary/aromatic N) is 1. The second-order valence-electron chi connectivity index (χ2n) is 3.78. The van der Waals surface area contributed by atoms with E-state index in [1.54, 1.807) is 24.3 Å². The van der Waals surface area contributed by atoms with Gasteiger partial charge in [-0.1, -0.05) is 30.3 Å². The molecule has 1 heterocycles. The Hall–Kier alpha value is -1.88. The minimum atomic E-state index is -4.42. The van der Waals surface area contributed by atoms with Crippen molar-refractivity contribution in [2.75, 3.05) is 0 Å². The Morgan fingerprint density at radius 1 is 0.944 bits per heavy atom. The van der Waals surface area contributed by atoms with Crippen LogP contribution < -0.4 is 0 Å². The van der Waals surface area contributed by atoms with Gasteiger partial charge in [0.15, 0.2) is 0 Å². The highest BCUT2D eigenvalue weighted by atomic mass is 19.4. The van der Waals surface area contributed by atoms with Gasteiger partial charge >= 0.3 is 6.18 Å². The van der Waals surface area contributed by atoms with Gasteiger partial charge in [0, 0.05) is 11.8 Å². The number of hydrogen-bond donors (Lipinski definition) is 1. The zero-order valence-electron chi connectivity index (χ0n) is 9.28. The molecule has 0 bridgehead atoms. The highest BCUT2D eigenvalue weighted by Gasteiger charge is 2.31. The Kier molecular flexibility index (Phi) is 3.34. The lowest BCUT2D eigenvalue weighted by Gasteiger charge is -2.07. The summed E-state index contributed by atoms with van der Waals surface area (Å²) in [5.74, 6) is 0. The van der Waals surface area contributed by atoms with Crippen LogP contribution in [0.5, 0.6) is 0 Å². The number of benzene rings is 1. The van der Waals surface area contributed by atoms with Crippen LogP contribution in [0.1, 0.15) is 11.3 Å². The zero-order chi connectivity index (χ0) is 13.2. The number of pyridine rings is 1. The van der Waals surface area contributed by atoms with Crippen molar-refractivity contribution in [2.24, 2.45) is 0 Å². The van der Waals surface area contributed by atoms with Gasteiger partial charge in [0.1, 0.15) is 5.69 Å². The van der Waals surface area contributed by atoms with Gasteiger partial charge in [-0.3, -0.25) is 4.98 Å². The van der Waals surface area contributed by atoms with E-state index in [0.717, 1.165) is 17.2 Å². The van der Waals surface area contributed by atoms with Gasteiger partial charge in [-0.15, -0.1) is 0 Å². The molecule has 0 aliphatic carbocycles. The summed E-state index contributed by atoms with van der Waals surface area (Å²) >= 11 is 0. The summed E-state index contributed by atoms with van der Waals surface area (Å²) in [7, 11) is 0. The molecule has 0 radical (unpaired) electrons. The molecule has 5 heteroatoms. The smallest absolute Gasteiger partial charge is 0.392 e. The van der Waals surface area contributed by atoms with E-state index in [1.807, 2.05) is 0 Å². The average molecular weight is 253 g/mol. The summed E-state index contributed by atoms with van der Waals surface area (Å²) in [6.45, 7) is -0.0639. The van der Waals surface area contributed by atoms with Gasteiger partial charge < -0.3 is 5.11 Å². The molecule has 0 spiro atoms. The molecule has 0 saturated heterocycles. The first-order valence-corrected chi connectivity index (χ1v) is 5.24. The van der Waals surface area contributed by atoms with Crippen molar-refractivity contribution in [3.05, 3.63) is 53.9 Å². The first kappa shape index (κ1) is 12.6. The maximum atomic E-state index is 12.3. The predicted molar refractivity (Wildman–Crippen MR) is 60.6 cm³/mol. The molecule has 0 fully saturated rings. The molecule has 94 valence electrons. The SMILES string of the molecule is OCc1ccc(-c2ccc(C(F)(F)F)nc2)cc1. The summed E-state index contributed by atoms with van der Waals surface area (Å²) in [5, 5.41) is 8.89. The number of aliphatic hydroxyl groups excluding tert-OH is 1. The van der Waals surface area contributed by atoms with Crippen molar-refractivity contribution in [3.63, 3.8) is 0 Å². The van der Waals surface area contributed by atoms with Gasteiger partial charge in [-0.2, -0.15) is 13.2 Å². The summed E-state index contributed by atoms with van der Waals surface area (Å²) in [5.41, 5.74) is 1.21. The van der Waals surface area contributed by atoms with E-state index in [9.17, 15) is 13.2 Å². The van der Waals surface area contributed by atoms with E-state index in [2.05, 4.69) is 4.98 Å². The van der Waals surface area contributed by atoms with Crippen LogP contribution in [0, 0.1) is 0 Å². The van der Waals surface area contributed by atoms with Crippen LogP contribution in [0.3, 0.4) is 0 Å². The van der Waals surface area contributed by atoms with Crippen LogP contribution in [0.25, 0.3) is 11.1 Å². The number of halogens is 3. The van der Waals surface area contributed by atoms with Crippen LogP contribution in [-0.2, 0) is 12.8 Å². The Morgan fingerprint density at radius 2 is 1.56 bits per heavy atom. The molecular formula is C13H10F3NO. The van der Waals surface area contributed by atoms with Crippen LogP contribution in [0.15, 0.2) is 42.6 Å². The molecule has 0 aliphatic rings. The molecule has 2 nitrogen and oxygen atoms in total. The largest absolute Gasteiger partial charge is 0.433 e. The topological polar surface area (TPSA) is 33.1 Å². The predicted octanol–water partition coefficient (Wildman–Crippen LogP) is 3.26. The second kappa shape index (κ2) is 4.78. The Balaban J connectivity index is 2.28. The number of alkyl halides is 3. The van der Waals surface area contributed by atoms with Crippen LogP contribution in [0.4, 0.5) is 13.2 Å². The highest BCUT2D eigenvalue weighted by Crippen LogP contribution is 2.28. The third kappa shape index (κ3) is 2.68. The van der Waals surface area contributed by atoms with E-state index in [0.29, 0.717) is 5.56 Å². The van der Waals surface area contributed by atoms with Crippen molar-refractivity contribution in [1.82, 2.24) is 4.98 Å². The van der Waals surface area contributed by atoms with E-state index in [1.165, 1.54) is 12.3 Å². The standard InChI is InChI=1S/C13H10F3NO/c14-13(15,16)12-6-5-11(7-17-12)10-3-1-9(8-18)2-4-10/h1-7,18H,8H2. The average Bonchev–Trinajstić information content (AvgIpc) is 2.38. The molecule has 0 saturated carbocycles. The number of aliphatic hydroxyl groups is 1. The number of aromatic nitrogens is 1. The molecule has 1 N–H and O–H groups in total. The van der Waals surface area contributed by atoms with Crippen molar-refractivity contribution < 1.29 is 18.3 Å². The van der Waals surface area contributed by atoms with Crippen molar-refractivity contribution >= 4 is 0 Å². The minimum absolute atomic E-state index is 0.0639. The third-order valence-corrected chi connectivity index (χ3v) is 2.52. The maximum Gasteiger partial charge on any atom is 0.433 e. The fourth-order valence-electron chi connectivity index (χ4n) is 1.53. The molecule has 18 heavy (non-hydrogen) atoms. The molecule has 0 amide bonds. The van der Waals surface area contributed by atoms with Gasteiger partial charge in [-0.05, 0) is 17.2 Å². The molecule has 2 rings (SSSR count). The van der Waals surface area contributed by atoms with Crippen molar-refractivity contribution in [2.45, 2.75) is 12.8 Å². The van der Waals surface area contributed by atoms with Crippen LogP contribution in [0.2, 0.25) is 0 Å². The summed E-state index contributed by atoms with van der Waals surface area (Å²) in [4.78, 5) is 3.39. The molecule has 1 aromatic heterocycles. The zero-order valence-corrected chi connectivity index (χ0v) is 9.28. The summed E-state index contributed by atoms with van der Waals surface area (Å²) in [6.07, 6.45) is -3.23. The summed E-state index contributed by atoms with van der Waals surface area (Å²) in [6, 6.07) is 9.23. The van der Waals surface area contributed by atoms with E-state index in [-0.39, 0.29) is 6.61 Å². The Morgan fingerprint density at radius 3 is 2.00 bits per heavy atom. The first-order chi connectivity index (χ1) is 8.50. The number of rotatable bonds is 2. The minimum Gasteiger partial charge on any atom is -0.392 e. The summed E-state index contributed by atoms with van der Waals surface area (Å²) < 4.78 is 37.0. The van der Waals surface area contributed by atoms with Gasteiger partial charge in [0.25, 0.3) is 0 Å². The quantitative estimate of drug-likeness (QED) is 0.891. The molecule has 0 atom stereocenters. The van der Waals surface area contributed by atoms with Crippen LogP contribution in [-0.4, -0.2) is 10.1 Å². The Labute approximate surface area is 102 Å². The lowest BCUT2D eigenvalue weighted by atomic mass is 10.1. The maximum absolute atomic E-state index is 12.3. The van der Waals surface area contributed by atoms with Crippen LogP contribution >= 0.6 is 0 Å². The van der Waals surface area contributed by atoms with Gasteiger partial charge in [0.05, 0.1) is 6.61 Å². The fourth-order valence-corrected chi connectivity index (χ4v) is 1.53.